The molecule has 2 aromatic rings. The number of hydrogen-bond donors (Lipinski definition) is 0. The van der Waals surface area contributed by atoms with E-state index in [1.54, 1.807) is 12.1 Å². The molecule has 0 amide bonds. The van der Waals surface area contributed by atoms with Crippen LogP contribution in [0.4, 0.5) is 0 Å². The Bertz CT molecular complexity index is 649. The molecule has 0 saturated heterocycles. The average Bonchev–Trinajstić information content (AvgIpc) is 2.29. The van der Waals surface area contributed by atoms with Crippen LogP contribution in [0.15, 0.2) is 21.3 Å². The molecule has 0 aliphatic heterocycles. The lowest BCUT2D eigenvalue weighted by molar-refractivity contribution is 0.408. The third-order valence-electron chi connectivity index (χ3n) is 2.73. The first-order chi connectivity index (χ1) is 8.40. The molecule has 0 spiro atoms. The lowest BCUT2D eigenvalue weighted by atomic mass is 10.1. The Morgan fingerprint density at radius 1 is 1.33 bits per heavy atom. The normalized spacial score (nSPS) is 13.2. The third kappa shape index (κ3) is 2.38. The van der Waals surface area contributed by atoms with Crippen LogP contribution in [0.25, 0.3) is 10.9 Å². The summed E-state index contributed by atoms with van der Waals surface area (Å²) in [5.74, 6) is 0.391. The highest BCUT2D eigenvalue weighted by Crippen LogP contribution is 2.28. The van der Waals surface area contributed by atoms with Crippen molar-refractivity contribution < 1.29 is 4.42 Å². The Morgan fingerprint density at radius 2 is 2.00 bits per heavy atom. The fraction of sp³-hybridized carbons (Fsp3) is 0.385. The van der Waals surface area contributed by atoms with Gasteiger partial charge in [-0.3, -0.25) is 0 Å². The van der Waals surface area contributed by atoms with Gasteiger partial charge in [0.2, 0.25) is 5.89 Å². The Kier molecular flexibility index (Phi) is 3.64. The van der Waals surface area contributed by atoms with Crippen molar-refractivity contribution in [3.63, 3.8) is 0 Å². The summed E-state index contributed by atoms with van der Waals surface area (Å²) in [6.07, 6.45) is 0. The quantitative estimate of drug-likeness (QED) is 0.781. The van der Waals surface area contributed by atoms with E-state index in [9.17, 15) is 4.79 Å². The van der Waals surface area contributed by atoms with Crippen molar-refractivity contribution in [2.24, 2.45) is 5.92 Å². The van der Waals surface area contributed by atoms with Gasteiger partial charge in [-0.05, 0) is 30.5 Å². The van der Waals surface area contributed by atoms with Crippen LogP contribution in [0, 0.1) is 12.8 Å². The molecular weight excluding hydrogens is 273 g/mol. The molecule has 1 aromatic heterocycles. The van der Waals surface area contributed by atoms with E-state index in [1.165, 1.54) is 0 Å². The highest BCUT2D eigenvalue weighted by molar-refractivity contribution is 6.31. The molecule has 5 heteroatoms. The molecule has 18 heavy (non-hydrogen) atoms. The van der Waals surface area contributed by atoms with Gasteiger partial charge in [0, 0.05) is 5.02 Å². The van der Waals surface area contributed by atoms with E-state index in [2.05, 4.69) is 4.98 Å². The molecule has 3 nitrogen and oxygen atoms in total. The van der Waals surface area contributed by atoms with Crippen LogP contribution in [-0.2, 0) is 0 Å². The molecule has 0 unspecified atom stereocenters. The second-order valence-electron chi connectivity index (χ2n) is 4.60. The lowest BCUT2D eigenvalue weighted by Crippen LogP contribution is -2.10. The predicted octanol–water partition coefficient (Wildman–Crippen LogP) is 4.09. The number of aromatic nitrogens is 1. The summed E-state index contributed by atoms with van der Waals surface area (Å²) in [6.45, 7) is 5.74. The summed E-state index contributed by atoms with van der Waals surface area (Å²) in [5, 5.41) is 0.460. The largest absolute Gasteiger partial charge is 0.406 e. The summed E-state index contributed by atoms with van der Waals surface area (Å²) in [5.41, 5.74) is 0.975. The Labute approximate surface area is 115 Å². The summed E-state index contributed by atoms with van der Waals surface area (Å²) < 4.78 is 5.17. The number of aryl methyl sites for hydroxylation is 1. The predicted molar refractivity (Wildman–Crippen MR) is 73.5 cm³/mol. The van der Waals surface area contributed by atoms with Crippen LogP contribution in [0.5, 0.6) is 0 Å². The molecule has 1 atom stereocenters. The molecular formula is C13H13Cl2NO2. The molecule has 0 fully saturated rings. The minimum Gasteiger partial charge on any atom is -0.406 e. The van der Waals surface area contributed by atoms with E-state index in [0.29, 0.717) is 15.9 Å². The van der Waals surface area contributed by atoms with Crippen LogP contribution >= 0.6 is 23.2 Å². The van der Waals surface area contributed by atoms with Gasteiger partial charge in [0.1, 0.15) is 5.38 Å². The van der Waals surface area contributed by atoms with Gasteiger partial charge in [-0.1, -0.05) is 25.4 Å². The summed E-state index contributed by atoms with van der Waals surface area (Å²) in [4.78, 5) is 16.2. The maximum absolute atomic E-state index is 11.9. The van der Waals surface area contributed by atoms with Crippen molar-refractivity contribution in [1.29, 1.82) is 0 Å². The van der Waals surface area contributed by atoms with E-state index >= 15 is 0 Å². The third-order valence-corrected chi connectivity index (χ3v) is 3.63. The van der Waals surface area contributed by atoms with Gasteiger partial charge in [0.25, 0.3) is 0 Å². The van der Waals surface area contributed by atoms with E-state index in [4.69, 9.17) is 27.6 Å². The zero-order chi connectivity index (χ0) is 13.4. The number of benzene rings is 1. The van der Waals surface area contributed by atoms with Crippen molar-refractivity contribution in [3.8, 4) is 0 Å². The minimum atomic E-state index is -0.452. The second kappa shape index (κ2) is 4.90. The molecule has 0 N–H and O–H groups in total. The molecule has 0 radical (unpaired) electrons. The van der Waals surface area contributed by atoms with Gasteiger partial charge in [0.05, 0.1) is 10.9 Å². The fourth-order valence-electron chi connectivity index (χ4n) is 1.73. The lowest BCUT2D eigenvalue weighted by Gasteiger charge is -2.11. The van der Waals surface area contributed by atoms with E-state index < -0.39 is 11.0 Å². The number of nitrogens with zero attached hydrogens (tertiary/aromatic N) is 1. The van der Waals surface area contributed by atoms with Crippen molar-refractivity contribution in [3.05, 3.63) is 39.0 Å². The minimum absolute atomic E-state index is 0.132. The first kappa shape index (κ1) is 13.4. The van der Waals surface area contributed by atoms with Crippen LogP contribution in [0.1, 0.15) is 30.7 Å². The maximum atomic E-state index is 11.9. The molecule has 0 aliphatic carbocycles. The smallest absolute Gasteiger partial charge is 0.346 e. The second-order valence-corrected chi connectivity index (χ2v) is 5.51. The highest BCUT2D eigenvalue weighted by Gasteiger charge is 2.19. The Balaban J connectivity index is 2.73. The van der Waals surface area contributed by atoms with Crippen molar-refractivity contribution in [2.45, 2.75) is 26.1 Å². The van der Waals surface area contributed by atoms with Crippen molar-refractivity contribution in [1.82, 2.24) is 4.98 Å². The summed E-state index contributed by atoms with van der Waals surface area (Å²) in [7, 11) is 0. The van der Waals surface area contributed by atoms with E-state index in [0.717, 1.165) is 5.56 Å². The van der Waals surface area contributed by atoms with Gasteiger partial charge in [-0.2, -0.15) is 0 Å². The first-order valence-corrected chi connectivity index (χ1v) is 6.46. The van der Waals surface area contributed by atoms with Crippen LogP contribution < -0.4 is 5.63 Å². The molecule has 1 heterocycles. The topological polar surface area (TPSA) is 43.1 Å². The summed E-state index contributed by atoms with van der Waals surface area (Å²) >= 11 is 12.1. The van der Waals surface area contributed by atoms with E-state index in [1.807, 2.05) is 20.8 Å². The van der Waals surface area contributed by atoms with Gasteiger partial charge in [0.15, 0.2) is 0 Å². The molecule has 1 aromatic carbocycles. The number of fused-ring (bicyclic) bond motifs is 1. The Hall–Kier alpha value is -1.06. The van der Waals surface area contributed by atoms with Gasteiger partial charge < -0.3 is 4.42 Å². The standard InChI is InChI=1S/C13H13Cl2NO2/c1-6(2)10(15)12-16-11-7(3)4-8(14)5-9(11)13(17)18-12/h4-6,10H,1-3H3/t10-/m0/s1. The Morgan fingerprint density at radius 3 is 2.61 bits per heavy atom. The molecule has 0 bridgehead atoms. The van der Waals surface area contributed by atoms with Crippen molar-refractivity contribution in [2.75, 3.05) is 0 Å². The maximum Gasteiger partial charge on any atom is 0.346 e. The van der Waals surface area contributed by atoms with Crippen LogP contribution in [0.3, 0.4) is 0 Å². The van der Waals surface area contributed by atoms with Gasteiger partial charge in [-0.25, -0.2) is 9.78 Å². The van der Waals surface area contributed by atoms with Crippen LogP contribution in [0.2, 0.25) is 5.02 Å². The fourth-order valence-corrected chi connectivity index (χ4v) is 2.09. The molecule has 0 aliphatic rings. The molecule has 96 valence electrons. The molecule has 2 rings (SSSR count). The average molecular weight is 286 g/mol. The zero-order valence-electron chi connectivity index (χ0n) is 10.3. The zero-order valence-corrected chi connectivity index (χ0v) is 11.8. The monoisotopic (exact) mass is 285 g/mol. The van der Waals surface area contributed by atoms with Crippen molar-refractivity contribution >= 4 is 34.1 Å². The van der Waals surface area contributed by atoms with Gasteiger partial charge >= 0.3 is 5.63 Å². The van der Waals surface area contributed by atoms with Gasteiger partial charge in [-0.15, -0.1) is 11.6 Å². The SMILES string of the molecule is Cc1cc(Cl)cc2c(=O)oc([C@@H](Cl)C(C)C)nc12. The highest BCUT2D eigenvalue weighted by atomic mass is 35.5. The number of hydrogen-bond acceptors (Lipinski definition) is 3. The number of rotatable bonds is 2. The summed E-state index contributed by atoms with van der Waals surface area (Å²) in [6, 6.07) is 3.32. The molecule has 0 saturated carbocycles. The number of alkyl halides is 1. The number of halogens is 2. The van der Waals surface area contributed by atoms with E-state index in [-0.39, 0.29) is 11.8 Å². The van der Waals surface area contributed by atoms with Crippen LogP contribution in [-0.4, -0.2) is 4.98 Å². The first-order valence-electron chi connectivity index (χ1n) is 5.65.